The number of halogens is 2. The topological polar surface area (TPSA) is 64.0 Å². The number of nitrogens with zero attached hydrogens (tertiary/aromatic N) is 2. The number of imidazole rings is 1. The van der Waals surface area contributed by atoms with E-state index in [1.54, 1.807) is 18.3 Å². The second-order valence-electron chi connectivity index (χ2n) is 4.74. The van der Waals surface area contributed by atoms with Gasteiger partial charge in [-0.1, -0.05) is 35.0 Å². The number of nitrogens with one attached hydrogen (secondary N) is 1. The summed E-state index contributed by atoms with van der Waals surface area (Å²) in [6.45, 7) is 0. The molecule has 1 aromatic carbocycles. The third-order valence-electron chi connectivity index (χ3n) is 3.01. The number of hydrogen-bond acceptors (Lipinski definition) is 5. The van der Waals surface area contributed by atoms with Gasteiger partial charge in [0.2, 0.25) is 0 Å². The first-order valence-corrected chi connectivity index (χ1v) is 10.5. The first-order chi connectivity index (χ1) is 11.3. The summed E-state index contributed by atoms with van der Waals surface area (Å²) >= 11 is 14.2. The van der Waals surface area contributed by atoms with Crippen LogP contribution in [0, 0.1) is 0 Å². The molecule has 2 heterocycles. The number of hydrogen-bond donors (Lipinski definition) is 1. The summed E-state index contributed by atoms with van der Waals surface area (Å²) in [5.74, 6) is 0. The molecule has 0 aliphatic carbocycles. The summed E-state index contributed by atoms with van der Waals surface area (Å²) in [6, 6.07) is 8.34. The average Bonchev–Trinajstić information content (AvgIpc) is 3.07. The first kappa shape index (κ1) is 17.6. The molecule has 0 amide bonds. The van der Waals surface area contributed by atoms with Gasteiger partial charge in [-0.2, -0.15) is 0 Å². The van der Waals surface area contributed by atoms with Crippen molar-refractivity contribution in [1.29, 1.82) is 0 Å². The second kappa shape index (κ2) is 6.97. The monoisotopic (exact) mass is 419 g/mol. The third-order valence-corrected chi connectivity index (χ3v) is 7.23. The Bertz CT molecular complexity index is 966. The molecule has 0 bridgehead atoms. The lowest BCUT2D eigenvalue weighted by Crippen LogP contribution is -2.12. The fourth-order valence-electron chi connectivity index (χ4n) is 1.87. The van der Waals surface area contributed by atoms with Crippen molar-refractivity contribution >= 4 is 62.0 Å². The summed E-state index contributed by atoms with van der Waals surface area (Å²) in [4.78, 5) is 5.16. The molecule has 0 spiro atoms. The smallest absolute Gasteiger partial charge is 0.264 e. The van der Waals surface area contributed by atoms with Gasteiger partial charge < -0.3 is 4.57 Å². The maximum atomic E-state index is 12.4. The lowest BCUT2D eigenvalue weighted by atomic mass is 10.3. The number of thiophene rings is 1. The summed E-state index contributed by atoms with van der Waals surface area (Å²) in [5.41, 5.74) is 0.442. The molecule has 24 heavy (non-hydrogen) atoms. The minimum Gasteiger partial charge on any atom is -0.329 e. The molecule has 2 aromatic heterocycles. The van der Waals surface area contributed by atoms with Crippen molar-refractivity contribution < 1.29 is 8.42 Å². The van der Waals surface area contributed by atoms with E-state index in [0.29, 0.717) is 10.0 Å². The summed E-state index contributed by atoms with van der Waals surface area (Å²) in [6.07, 6.45) is 3.58. The van der Waals surface area contributed by atoms with Crippen molar-refractivity contribution in [1.82, 2.24) is 9.55 Å². The number of anilines is 1. The van der Waals surface area contributed by atoms with E-state index in [4.69, 9.17) is 23.2 Å². The van der Waals surface area contributed by atoms with Crippen LogP contribution < -0.4 is 4.72 Å². The van der Waals surface area contributed by atoms with Crippen LogP contribution in [-0.4, -0.2) is 18.0 Å². The van der Waals surface area contributed by atoms with Gasteiger partial charge in [-0.15, -0.1) is 11.3 Å². The zero-order valence-electron chi connectivity index (χ0n) is 12.2. The maximum Gasteiger partial charge on any atom is 0.264 e. The highest BCUT2D eigenvalue weighted by Gasteiger charge is 2.21. The molecule has 0 unspecified atom stereocenters. The summed E-state index contributed by atoms with van der Waals surface area (Å²) in [5, 5.41) is 0.850. The van der Waals surface area contributed by atoms with Crippen molar-refractivity contribution in [2.75, 3.05) is 4.72 Å². The van der Waals surface area contributed by atoms with Gasteiger partial charge in [-0.25, -0.2) is 13.4 Å². The molecule has 0 fully saturated rings. The van der Waals surface area contributed by atoms with Gasteiger partial charge in [-0.3, -0.25) is 4.72 Å². The Kier molecular flexibility index (Phi) is 5.12. The number of sulfonamides is 1. The van der Waals surface area contributed by atoms with Crippen LogP contribution in [0.5, 0.6) is 0 Å². The van der Waals surface area contributed by atoms with Gasteiger partial charge in [0.1, 0.15) is 9.23 Å². The average molecular weight is 420 g/mol. The Labute approximate surface area is 157 Å². The van der Waals surface area contributed by atoms with Crippen LogP contribution in [0.2, 0.25) is 8.67 Å². The SMILES string of the molecule is Cn1ccnc1Sc1ccc(NS(=O)(=O)c2cc(Cl)sc2Cl)cc1. The lowest BCUT2D eigenvalue weighted by molar-refractivity contribution is 0.601. The molecule has 0 saturated heterocycles. The van der Waals surface area contributed by atoms with E-state index in [1.807, 2.05) is 29.9 Å². The van der Waals surface area contributed by atoms with Crippen LogP contribution in [0.15, 0.2) is 57.7 Å². The van der Waals surface area contributed by atoms with E-state index in [1.165, 1.54) is 17.8 Å². The van der Waals surface area contributed by atoms with Crippen molar-refractivity contribution in [3.8, 4) is 0 Å². The van der Waals surface area contributed by atoms with Gasteiger partial charge in [-0.05, 0) is 30.3 Å². The van der Waals surface area contributed by atoms with Gasteiger partial charge in [0, 0.05) is 30.0 Å². The third kappa shape index (κ3) is 3.89. The van der Waals surface area contributed by atoms with Crippen molar-refractivity contribution in [3.05, 3.63) is 51.4 Å². The molecule has 10 heteroatoms. The predicted octanol–water partition coefficient (Wildman–Crippen LogP) is 4.74. The molecule has 1 N–H and O–H groups in total. The molecular formula is C14H11Cl2N3O2S3. The van der Waals surface area contributed by atoms with Gasteiger partial charge >= 0.3 is 0 Å². The number of rotatable bonds is 5. The van der Waals surface area contributed by atoms with E-state index in [0.717, 1.165) is 21.4 Å². The predicted molar refractivity (Wildman–Crippen MR) is 98.9 cm³/mol. The Hall–Kier alpha value is -1.19. The Morgan fingerprint density at radius 3 is 2.50 bits per heavy atom. The number of aryl methyl sites for hydroxylation is 1. The fraction of sp³-hybridized carbons (Fsp3) is 0.0714. The van der Waals surface area contributed by atoms with Crippen LogP contribution in [-0.2, 0) is 17.1 Å². The number of aromatic nitrogens is 2. The normalized spacial score (nSPS) is 11.6. The standard InChI is InChI=1S/C14H11Cl2N3O2S3/c1-19-7-6-17-14(19)22-10-4-2-9(3-5-10)18-24(20,21)11-8-12(15)23-13(11)16/h2-8,18H,1H3. The Morgan fingerprint density at radius 1 is 1.25 bits per heavy atom. The minimum atomic E-state index is -3.77. The van der Waals surface area contributed by atoms with Crippen molar-refractivity contribution in [3.63, 3.8) is 0 Å². The molecule has 5 nitrogen and oxygen atoms in total. The van der Waals surface area contributed by atoms with Gasteiger partial charge in [0.15, 0.2) is 5.16 Å². The first-order valence-electron chi connectivity index (χ1n) is 6.58. The highest BCUT2D eigenvalue weighted by Crippen LogP contribution is 2.35. The molecule has 0 aliphatic rings. The van der Waals surface area contributed by atoms with Gasteiger partial charge in [0.05, 0.1) is 4.34 Å². The molecule has 0 atom stereocenters. The second-order valence-corrected chi connectivity index (χ2v) is 9.72. The lowest BCUT2D eigenvalue weighted by Gasteiger charge is -2.08. The molecule has 0 saturated carbocycles. The largest absolute Gasteiger partial charge is 0.329 e. The molecule has 3 rings (SSSR count). The van der Waals surface area contributed by atoms with E-state index in [9.17, 15) is 8.42 Å². The molecular weight excluding hydrogens is 409 g/mol. The van der Waals surface area contributed by atoms with Gasteiger partial charge in [0.25, 0.3) is 10.0 Å². The molecule has 126 valence electrons. The van der Waals surface area contributed by atoms with Crippen LogP contribution in [0.3, 0.4) is 0 Å². The van der Waals surface area contributed by atoms with Crippen LogP contribution in [0.1, 0.15) is 0 Å². The highest BCUT2D eigenvalue weighted by atomic mass is 35.5. The summed E-state index contributed by atoms with van der Waals surface area (Å²) in [7, 11) is -1.86. The number of benzene rings is 1. The minimum absolute atomic E-state index is 0.0226. The zero-order valence-corrected chi connectivity index (χ0v) is 16.2. The molecule has 0 aliphatic heterocycles. The van der Waals surface area contributed by atoms with Crippen LogP contribution >= 0.6 is 46.3 Å². The quantitative estimate of drug-likeness (QED) is 0.648. The van der Waals surface area contributed by atoms with E-state index in [-0.39, 0.29) is 9.23 Å². The van der Waals surface area contributed by atoms with E-state index in [2.05, 4.69) is 9.71 Å². The van der Waals surface area contributed by atoms with Crippen molar-refractivity contribution in [2.45, 2.75) is 14.9 Å². The zero-order chi connectivity index (χ0) is 17.3. The Morgan fingerprint density at radius 2 is 1.96 bits per heavy atom. The van der Waals surface area contributed by atoms with Crippen molar-refractivity contribution in [2.24, 2.45) is 7.05 Å². The fourth-order valence-corrected chi connectivity index (χ4v) is 5.88. The maximum absolute atomic E-state index is 12.4. The molecule has 0 radical (unpaired) electrons. The summed E-state index contributed by atoms with van der Waals surface area (Å²) < 4.78 is 29.6. The molecule has 3 aromatic rings. The van der Waals surface area contributed by atoms with Crippen LogP contribution in [0.4, 0.5) is 5.69 Å². The van der Waals surface area contributed by atoms with E-state index < -0.39 is 10.0 Å². The van der Waals surface area contributed by atoms with Crippen LogP contribution in [0.25, 0.3) is 0 Å². The Balaban J connectivity index is 1.76. The highest BCUT2D eigenvalue weighted by molar-refractivity contribution is 7.99. The van der Waals surface area contributed by atoms with E-state index >= 15 is 0 Å².